The maximum Gasteiger partial charge on any atom is 0.287 e. The highest BCUT2D eigenvalue weighted by Crippen LogP contribution is 2.07. The zero-order valence-electron chi connectivity index (χ0n) is 11.4. The number of nitrogens with one attached hydrogen (secondary N) is 1. The van der Waals surface area contributed by atoms with Gasteiger partial charge in [0.25, 0.3) is 5.91 Å². The number of aromatic nitrogens is 3. The summed E-state index contributed by atoms with van der Waals surface area (Å²) in [5.41, 5.74) is 2.26. The number of amides is 1. The summed E-state index contributed by atoms with van der Waals surface area (Å²) in [5.74, 6) is 5.20. The Morgan fingerprint density at radius 3 is 2.78 bits per heavy atom. The van der Waals surface area contributed by atoms with Crippen molar-refractivity contribution < 1.29 is 4.79 Å². The Bertz CT molecular complexity index is 389. The normalized spacial score (nSPS) is 13.1. The third-order valence-electron chi connectivity index (χ3n) is 3.24. The van der Waals surface area contributed by atoms with E-state index in [0.717, 1.165) is 6.54 Å². The van der Waals surface area contributed by atoms with Crippen LogP contribution in [0.5, 0.6) is 0 Å². The summed E-state index contributed by atoms with van der Waals surface area (Å²) in [6.07, 6.45) is 1.59. The van der Waals surface area contributed by atoms with Gasteiger partial charge < -0.3 is 4.90 Å². The van der Waals surface area contributed by atoms with Gasteiger partial charge in [-0.2, -0.15) is 0 Å². The van der Waals surface area contributed by atoms with Crippen LogP contribution in [0.15, 0.2) is 6.20 Å². The van der Waals surface area contributed by atoms with Crippen molar-refractivity contribution in [2.75, 3.05) is 13.6 Å². The number of nitrogens with two attached hydrogens (primary N) is 1. The van der Waals surface area contributed by atoms with Crippen LogP contribution in [-0.4, -0.2) is 45.4 Å². The summed E-state index contributed by atoms with van der Waals surface area (Å²) in [5, 5.41) is 7.63. The van der Waals surface area contributed by atoms with Gasteiger partial charge in [-0.05, 0) is 19.9 Å². The fourth-order valence-corrected chi connectivity index (χ4v) is 1.56. The fraction of sp³-hybridized carbons (Fsp3) is 0.727. The number of hydrogen-bond donors (Lipinski definition) is 2. The Morgan fingerprint density at radius 2 is 2.22 bits per heavy atom. The third kappa shape index (κ3) is 3.78. The highest BCUT2D eigenvalue weighted by Gasteiger charge is 2.13. The van der Waals surface area contributed by atoms with E-state index in [1.807, 2.05) is 5.43 Å². The number of likely N-dealkylation sites (N-methyl/N-ethyl adjacent to an activating group) is 1. The smallest absolute Gasteiger partial charge is 0.287 e. The second-order valence-corrected chi connectivity index (χ2v) is 4.81. The first kappa shape index (κ1) is 14.6. The molecule has 0 aromatic carbocycles. The van der Waals surface area contributed by atoms with Crippen molar-refractivity contribution in [3.05, 3.63) is 11.9 Å². The Labute approximate surface area is 107 Å². The Kier molecular flexibility index (Phi) is 5.24. The predicted octanol–water partition coefficient (Wildman–Crippen LogP) is -0.142. The minimum atomic E-state index is -0.426. The van der Waals surface area contributed by atoms with Gasteiger partial charge in [0.2, 0.25) is 0 Å². The second-order valence-electron chi connectivity index (χ2n) is 4.81. The molecule has 0 aliphatic heterocycles. The molecule has 7 heteroatoms. The van der Waals surface area contributed by atoms with Crippen LogP contribution >= 0.6 is 0 Å². The first-order chi connectivity index (χ1) is 8.45. The van der Waals surface area contributed by atoms with E-state index in [-0.39, 0.29) is 5.69 Å². The van der Waals surface area contributed by atoms with Crippen LogP contribution in [0.1, 0.15) is 31.3 Å². The molecule has 102 valence electrons. The topological polar surface area (TPSA) is 89.1 Å². The lowest BCUT2D eigenvalue weighted by atomic mass is 10.1. The van der Waals surface area contributed by atoms with Gasteiger partial charge in [0.15, 0.2) is 5.69 Å². The van der Waals surface area contributed by atoms with Crippen molar-refractivity contribution in [3.8, 4) is 0 Å². The van der Waals surface area contributed by atoms with E-state index in [4.69, 9.17) is 5.84 Å². The molecule has 0 bridgehead atoms. The summed E-state index contributed by atoms with van der Waals surface area (Å²) < 4.78 is 1.65. The lowest BCUT2D eigenvalue weighted by molar-refractivity contribution is 0.0948. The average molecular weight is 254 g/mol. The van der Waals surface area contributed by atoms with E-state index in [2.05, 4.69) is 43.0 Å². The van der Waals surface area contributed by atoms with Gasteiger partial charge in [0.05, 0.1) is 12.7 Å². The average Bonchev–Trinajstić information content (AvgIpc) is 2.82. The summed E-state index contributed by atoms with van der Waals surface area (Å²) >= 11 is 0. The van der Waals surface area contributed by atoms with Crippen LogP contribution in [0.2, 0.25) is 0 Å². The van der Waals surface area contributed by atoms with Crippen molar-refractivity contribution in [2.24, 2.45) is 11.8 Å². The Balaban J connectivity index is 2.49. The molecule has 1 rings (SSSR count). The lowest BCUT2D eigenvalue weighted by Gasteiger charge is -2.27. The first-order valence-electron chi connectivity index (χ1n) is 6.07. The monoisotopic (exact) mass is 254 g/mol. The maximum absolute atomic E-state index is 11.2. The molecule has 1 atom stereocenters. The van der Waals surface area contributed by atoms with E-state index >= 15 is 0 Å². The van der Waals surface area contributed by atoms with Gasteiger partial charge in [-0.1, -0.05) is 19.1 Å². The predicted molar refractivity (Wildman–Crippen MR) is 68.6 cm³/mol. The number of hydrazine groups is 1. The minimum absolute atomic E-state index is 0.233. The quantitative estimate of drug-likeness (QED) is 0.419. The van der Waals surface area contributed by atoms with Crippen LogP contribution in [0, 0.1) is 5.92 Å². The van der Waals surface area contributed by atoms with Crippen LogP contribution < -0.4 is 11.3 Å². The minimum Gasteiger partial charge on any atom is -0.302 e. The molecule has 0 aliphatic rings. The van der Waals surface area contributed by atoms with Gasteiger partial charge >= 0.3 is 0 Å². The van der Waals surface area contributed by atoms with E-state index in [9.17, 15) is 4.79 Å². The van der Waals surface area contributed by atoms with Crippen molar-refractivity contribution in [3.63, 3.8) is 0 Å². The van der Waals surface area contributed by atoms with Crippen molar-refractivity contribution in [1.29, 1.82) is 0 Å². The zero-order chi connectivity index (χ0) is 13.7. The summed E-state index contributed by atoms with van der Waals surface area (Å²) in [7, 11) is 2.08. The zero-order valence-corrected chi connectivity index (χ0v) is 11.4. The van der Waals surface area contributed by atoms with Crippen LogP contribution in [0.4, 0.5) is 0 Å². The molecule has 1 aromatic rings. The Morgan fingerprint density at radius 1 is 1.56 bits per heavy atom. The largest absolute Gasteiger partial charge is 0.302 e. The van der Waals surface area contributed by atoms with E-state index in [1.54, 1.807) is 10.9 Å². The number of carbonyl (C=O) groups is 1. The Hall–Kier alpha value is -1.47. The number of nitrogens with zero attached hydrogens (tertiary/aromatic N) is 4. The summed E-state index contributed by atoms with van der Waals surface area (Å²) in [6.45, 7) is 8.13. The fourth-order valence-electron chi connectivity index (χ4n) is 1.56. The molecule has 0 saturated heterocycles. The lowest BCUT2D eigenvalue weighted by Crippen LogP contribution is -2.35. The standard InChI is InChI=1S/C11H22N6O/c1-8(2)9(3)16(4)5-6-17-7-10(14-15-17)11(18)13-12/h7-9H,5-6,12H2,1-4H3,(H,13,18). The van der Waals surface area contributed by atoms with Crippen molar-refractivity contribution in [2.45, 2.75) is 33.4 Å². The molecule has 18 heavy (non-hydrogen) atoms. The van der Waals surface area contributed by atoms with E-state index < -0.39 is 5.91 Å². The molecule has 1 aromatic heterocycles. The van der Waals surface area contributed by atoms with Crippen LogP contribution in [0.25, 0.3) is 0 Å². The maximum atomic E-state index is 11.2. The molecule has 7 nitrogen and oxygen atoms in total. The highest BCUT2D eigenvalue weighted by atomic mass is 16.2. The first-order valence-corrected chi connectivity index (χ1v) is 6.07. The summed E-state index contributed by atoms with van der Waals surface area (Å²) in [6, 6.07) is 0.500. The molecule has 0 radical (unpaired) electrons. The highest BCUT2D eigenvalue weighted by molar-refractivity contribution is 5.91. The van der Waals surface area contributed by atoms with E-state index in [0.29, 0.717) is 18.5 Å². The van der Waals surface area contributed by atoms with Crippen LogP contribution in [-0.2, 0) is 6.54 Å². The SMILES string of the molecule is CC(C)C(C)N(C)CCn1cc(C(=O)NN)nn1. The van der Waals surface area contributed by atoms with Gasteiger partial charge in [-0.3, -0.25) is 14.9 Å². The molecule has 0 saturated carbocycles. The second kappa shape index (κ2) is 6.46. The molecule has 0 spiro atoms. The van der Waals surface area contributed by atoms with Crippen molar-refractivity contribution >= 4 is 5.91 Å². The van der Waals surface area contributed by atoms with Gasteiger partial charge in [0.1, 0.15) is 0 Å². The summed E-state index contributed by atoms with van der Waals surface area (Å²) in [4.78, 5) is 13.5. The molecule has 1 amide bonds. The molecule has 1 unspecified atom stereocenters. The van der Waals surface area contributed by atoms with Gasteiger partial charge in [-0.15, -0.1) is 5.10 Å². The number of hydrogen-bond acceptors (Lipinski definition) is 5. The van der Waals surface area contributed by atoms with Crippen LogP contribution in [0.3, 0.4) is 0 Å². The molecule has 0 fully saturated rings. The number of nitrogen functional groups attached to an aromatic ring is 1. The van der Waals surface area contributed by atoms with Crippen molar-refractivity contribution in [1.82, 2.24) is 25.3 Å². The molecule has 0 aliphatic carbocycles. The molecule has 1 heterocycles. The third-order valence-corrected chi connectivity index (χ3v) is 3.24. The molecular formula is C11H22N6O. The van der Waals surface area contributed by atoms with Gasteiger partial charge in [0, 0.05) is 12.6 Å². The van der Waals surface area contributed by atoms with E-state index in [1.165, 1.54) is 0 Å². The number of rotatable bonds is 6. The molecule has 3 N–H and O–H groups in total. The van der Waals surface area contributed by atoms with Gasteiger partial charge in [-0.25, -0.2) is 5.84 Å². The number of carbonyl (C=O) groups excluding carboxylic acids is 1. The molecular weight excluding hydrogens is 232 g/mol.